The Labute approximate surface area is 229 Å². The van der Waals surface area contributed by atoms with Crippen LogP contribution in [0.4, 0.5) is 25.8 Å². The number of ether oxygens (including phenoxy) is 1. The van der Waals surface area contributed by atoms with Gasteiger partial charge < -0.3 is 19.9 Å². The number of hydrogen-bond donors (Lipinski definition) is 1. The topological polar surface area (TPSA) is 57.7 Å². The summed E-state index contributed by atoms with van der Waals surface area (Å²) in [5.74, 6) is -2.41. The molecule has 0 atom stereocenters. The molecule has 2 aromatic carbocycles. The third-order valence-electron chi connectivity index (χ3n) is 8.38. The van der Waals surface area contributed by atoms with Gasteiger partial charge >= 0.3 is 0 Å². The Morgan fingerprint density at radius 3 is 2.29 bits per heavy atom. The van der Waals surface area contributed by atoms with Gasteiger partial charge in [0.25, 0.3) is 11.8 Å². The van der Waals surface area contributed by atoms with Gasteiger partial charge in [0.05, 0.1) is 29.6 Å². The molecule has 9 heteroatoms. The van der Waals surface area contributed by atoms with Crippen LogP contribution in [0, 0.1) is 5.41 Å². The lowest BCUT2D eigenvalue weighted by Crippen LogP contribution is -2.39. The molecule has 0 bridgehead atoms. The van der Waals surface area contributed by atoms with Crippen molar-refractivity contribution in [3.8, 4) is 5.88 Å². The zero-order chi connectivity index (χ0) is 26.5. The third kappa shape index (κ3) is 5.05. The first-order chi connectivity index (χ1) is 18.2. The highest BCUT2D eigenvalue weighted by Gasteiger charge is 2.44. The molecule has 1 amide bonds. The van der Waals surface area contributed by atoms with Crippen LogP contribution >= 0.6 is 15.9 Å². The van der Waals surface area contributed by atoms with E-state index in [0.717, 1.165) is 28.6 Å². The second-order valence-electron chi connectivity index (χ2n) is 10.9. The number of rotatable bonds is 5. The van der Waals surface area contributed by atoms with Crippen molar-refractivity contribution in [3.05, 3.63) is 52.5 Å². The second kappa shape index (κ2) is 9.67. The van der Waals surface area contributed by atoms with Crippen LogP contribution < -0.4 is 19.9 Å². The van der Waals surface area contributed by atoms with E-state index in [-0.39, 0.29) is 31.8 Å². The maximum Gasteiger partial charge on any atom is 0.257 e. The van der Waals surface area contributed by atoms with E-state index in [2.05, 4.69) is 31.1 Å². The monoisotopic (exact) mass is 584 g/mol. The summed E-state index contributed by atoms with van der Waals surface area (Å²) in [5.41, 5.74) is 4.08. The number of aromatic nitrogens is 1. The van der Waals surface area contributed by atoms with E-state index in [1.54, 1.807) is 13.2 Å². The van der Waals surface area contributed by atoms with E-state index >= 15 is 0 Å². The number of hydrogen-bond acceptors (Lipinski definition) is 5. The number of methoxy groups -OCH3 is 1. The smallest absolute Gasteiger partial charge is 0.257 e. The summed E-state index contributed by atoms with van der Waals surface area (Å²) in [4.78, 5) is 22.5. The van der Waals surface area contributed by atoms with Crippen LogP contribution in [-0.2, 0) is 0 Å². The van der Waals surface area contributed by atoms with Crippen LogP contribution in [0.1, 0.15) is 48.9 Å². The molecule has 2 aliphatic heterocycles. The number of halogens is 3. The largest absolute Gasteiger partial charge is 0.481 e. The average Bonchev–Trinajstić information content (AvgIpc) is 3.67. The molecule has 3 aromatic rings. The Kier molecular flexibility index (Phi) is 6.45. The minimum absolute atomic E-state index is 0.198. The second-order valence-corrected chi connectivity index (χ2v) is 11.8. The standard InChI is InChI=1S/C29H31BrF2N4O2/c1-38-25-5-2-19-16-21(18-24(26(19)34-25)36-14-10-29(31,32)11-15-36)33-27(37)22-4-3-20(30)17-23(22)35-12-8-28(6-7-28)9-13-35/h2-5,16-18H,6-15H2,1H3,(H,33,37). The van der Waals surface area contributed by atoms with Crippen LogP contribution in [0.3, 0.4) is 0 Å². The lowest BCUT2D eigenvalue weighted by molar-refractivity contribution is -0.0220. The van der Waals surface area contributed by atoms with E-state index in [4.69, 9.17) is 4.74 Å². The lowest BCUT2D eigenvalue weighted by atomic mass is 9.93. The summed E-state index contributed by atoms with van der Waals surface area (Å²) in [6, 6.07) is 13.1. The lowest BCUT2D eigenvalue weighted by Gasteiger charge is -2.35. The molecule has 200 valence electrons. The van der Waals surface area contributed by atoms with Crippen molar-refractivity contribution in [2.45, 2.75) is 44.4 Å². The van der Waals surface area contributed by atoms with Gasteiger partial charge in [-0.15, -0.1) is 0 Å². The Morgan fingerprint density at radius 2 is 1.61 bits per heavy atom. The minimum Gasteiger partial charge on any atom is -0.481 e. The number of fused-ring (bicyclic) bond motifs is 1. The first-order valence-electron chi connectivity index (χ1n) is 13.2. The van der Waals surface area contributed by atoms with E-state index < -0.39 is 5.92 Å². The van der Waals surface area contributed by atoms with E-state index in [9.17, 15) is 13.6 Å². The van der Waals surface area contributed by atoms with Gasteiger partial charge in [0.15, 0.2) is 0 Å². The van der Waals surface area contributed by atoms with Gasteiger partial charge in [0.1, 0.15) is 0 Å². The summed E-state index contributed by atoms with van der Waals surface area (Å²) in [6.07, 6.45) is 4.56. The van der Waals surface area contributed by atoms with Crippen LogP contribution in [0.25, 0.3) is 10.9 Å². The molecule has 38 heavy (non-hydrogen) atoms. The predicted octanol–water partition coefficient (Wildman–Crippen LogP) is 6.87. The van der Waals surface area contributed by atoms with Crippen molar-refractivity contribution < 1.29 is 18.3 Å². The zero-order valence-corrected chi connectivity index (χ0v) is 23.0. The number of nitrogens with one attached hydrogen (secondary N) is 1. The van der Waals surface area contributed by atoms with Gasteiger partial charge in [-0.25, -0.2) is 13.8 Å². The molecule has 1 spiro atoms. The third-order valence-corrected chi connectivity index (χ3v) is 8.87. The molecule has 1 saturated carbocycles. The van der Waals surface area contributed by atoms with Gasteiger partial charge in [0, 0.05) is 60.6 Å². The van der Waals surface area contributed by atoms with Crippen molar-refractivity contribution in [3.63, 3.8) is 0 Å². The Hall–Kier alpha value is -2.94. The molecule has 6 nitrogen and oxygen atoms in total. The molecule has 1 aliphatic carbocycles. The van der Waals surface area contributed by atoms with Crippen LogP contribution in [0.5, 0.6) is 5.88 Å². The van der Waals surface area contributed by atoms with E-state index in [0.29, 0.717) is 33.7 Å². The molecule has 0 unspecified atom stereocenters. The number of benzene rings is 2. The number of piperidine rings is 2. The highest BCUT2D eigenvalue weighted by atomic mass is 79.9. The Balaban J connectivity index is 1.31. The molecule has 2 saturated heterocycles. The molecule has 1 N–H and O–H groups in total. The minimum atomic E-state index is -2.66. The van der Waals surface area contributed by atoms with Gasteiger partial charge in [-0.3, -0.25) is 4.79 Å². The van der Waals surface area contributed by atoms with Gasteiger partial charge in [-0.2, -0.15) is 0 Å². The van der Waals surface area contributed by atoms with Crippen molar-refractivity contribution in [2.75, 3.05) is 48.4 Å². The number of anilines is 3. The first kappa shape index (κ1) is 25.3. The summed E-state index contributed by atoms with van der Waals surface area (Å²) < 4.78 is 34.1. The normalized spacial score (nSPS) is 20.0. The number of carbonyl (C=O) groups is 1. The molecular weight excluding hydrogens is 554 g/mol. The molecule has 3 aliphatic rings. The fourth-order valence-corrected chi connectivity index (χ4v) is 6.10. The maximum atomic E-state index is 13.9. The fraction of sp³-hybridized carbons (Fsp3) is 0.448. The first-order valence-corrected chi connectivity index (χ1v) is 14.0. The highest BCUT2D eigenvalue weighted by molar-refractivity contribution is 9.10. The quantitative estimate of drug-likeness (QED) is 0.354. The molecule has 3 heterocycles. The summed E-state index contributed by atoms with van der Waals surface area (Å²) in [5, 5.41) is 3.89. The number of carbonyl (C=O) groups excluding carboxylic acids is 1. The van der Waals surface area contributed by atoms with E-state index in [1.807, 2.05) is 41.3 Å². The SMILES string of the molecule is COc1ccc2cc(NC(=O)c3ccc(Br)cc3N3CCC4(CC3)CC4)cc(N3CCC(F)(F)CC3)c2n1. The summed E-state index contributed by atoms with van der Waals surface area (Å²) >= 11 is 3.58. The molecule has 1 aromatic heterocycles. The van der Waals surface area contributed by atoms with Gasteiger partial charge in [0.2, 0.25) is 5.88 Å². The number of pyridine rings is 1. The number of nitrogens with zero attached hydrogens (tertiary/aromatic N) is 3. The van der Waals surface area contributed by atoms with Crippen molar-refractivity contribution in [1.82, 2.24) is 4.98 Å². The van der Waals surface area contributed by atoms with Crippen molar-refractivity contribution >= 4 is 49.8 Å². The fourth-order valence-electron chi connectivity index (χ4n) is 5.76. The highest BCUT2D eigenvalue weighted by Crippen LogP contribution is 2.54. The van der Waals surface area contributed by atoms with Gasteiger partial charge in [-0.1, -0.05) is 15.9 Å². The summed E-state index contributed by atoms with van der Waals surface area (Å²) in [6.45, 7) is 2.32. The van der Waals surface area contributed by atoms with Crippen LogP contribution in [-0.4, -0.2) is 50.1 Å². The number of amides is 1. The van der Waals surface area contributed by atoms with Crippen molar-refractivity contribution in [1.29, 1.82) is 0 Å². The zero-order valence-electron chi connectivity index (χ0n) is 21.4. The number of alkyl halides is 2. The summed E-state index contributed by atoms with van der Waals surface area (Å²) in [7, 11) is 1.55. The van der Waals surface area contributed by atoms with Crippen molar-refractivity contribution in [2.24, 2.45) is 5.41 Å². The molecule has 0 radical (unpaired) electrons. The molecule has 3 fully saturated rings. The van der Waals surface area contributed by atoms with Gasteiger partial charge in [-0.05, 0) is 67.5 Å². The Bertz CT molecular complexity index is 1370. The maximum absolute atomic E-state index is 13.9. The van der Waals surface area contributed by atoms with Crippen LogP contribution in [0.15, 0.2) is 46.9 Å². The average molecular weight is 585 g/mol. The Morgan fingerprint density at radius 1 is 0.921 bits per heavy atom. The van der Waals surface area contributed by atoms with Crippen LogP contribution in [0.2, 0.25) is 0 Å². The molecule has 6 rings (SSSR count). The molecular formula is C29H31BrF2N4O2. The van der Waals surface area contributed by atoms with E-state index in [1.165, 1.54) is 25.7 Å². The predicted molar refractivity (Wildman–Crippen MR) is 150 cm³/mol.